The average molecular weight is 897 g/mol. The fraction of sp³-hybridized carbons (Fsp3) is 0.0294. The van der Waals surface area contributed by atoms with E-state index in [1.807, 2.05) is 0 Å². The zero-order chi connectivity index (χ0) is 46.9. The first-order valence-electron chi connectivity index (χ1n) is 24.2. The molecule has 0 aliphatic heterocycles. The van der Waals surface area contributed by atoms with Crippen LogP contribution in [0.4, 0.5) is 28.4 Å². The Morgan fingerprint density at radius 1 is 0.243 bits per heavy atom. The van der Waals surface area contributed by atoms with Gasteiger partial charge in [-0.2, -0.15) is 0 Å². The van der Waals surface area contributed by atoms with Gasteiger partial charge in [0, 0.05) is 40.6 Å². The molecule has 70 heavy (non-hydrogen) atoms. The summed E-state index contributed by atoms with van der Waals surface area (Å²) in [4.78, 5) is 4.69. The molecule has 0 spiro atoms. The van der Waals surface area contributed by atoms with Gasteiger partial charge in [0.25, 0.3) is 0 Å². The van der Waals surface area contributed by atoms with Gasteiger partial charge in [-0.15, -0.1) is 0 Å². The van der Waals surface area contributed by atoms with Crippen LogP contribution in [-0.2, 0) is 0 Å². The van der Waals surface area contributed by atoms with Crippen molar-refractivity contribution in [1.29, 1.82) is 0 Å². The lowest BCUT2D eigenvalue weighted by Gasteiger charge is -2.28. The van der Waals surface area contributed by atoms with Gasteiger partial charge in [-0.05, 0) is 140 Å². The fourth-order valence-electron chi connectivity index (χ4n) is 9.48. The molecule has 2 aliphatic carbocycles. The van der Waals surface area contributed by atoms with E-state index < -0.39 is 0 Å². The number of benzene rings is 9. The van der Waals surface area contributed by atoms with Gasteiger partial charge in [-0.1, -0.05) is 225 Å². The molecule has 0 aromatic heterocycles. The lowest BCUT2D eigenvalue weighted by molar-refractivity contribution is 1.08. The van der Waals surface area contributed by atoms with Crippen LogP contribution in [0.25, 0.3) is 55.7 Å². The van der Waals surface area contributed by atoms with Crippen LogP contribution in [-0.4, -0.2) is 0 Å². The highest BCUT2D eigenvalue weighted by Crippen LogP contribution is 2.39. The van der Waals surface area contributed by atoms with Gasteiger partial charge < -0.3 is 9.80 Å². The molecule has 0 bridgehead atoms. The summed E-state index contributed by atoms with van der Waals surface area (Å²) in [6, 6.07) is 85.3. The van der Waals surface area contributed by atoms with Crippen LogP contribution in [0.15, 0.2) is 297 Å². The van der Waals surface area contributed by atoms with Crippen molar-refractivity contribution >= 4 is 39.6 Å². The van der Waals surface area contributed by atoms with Gasteiger partial charge in [0.05, 0.1) is 0 Å². The van der Waals surface area contributed by atoms with Crippen molar-refractivity contribution in [1.82, 2.24) is 0 Å². The maximum absolute atomic E-state index is 2.37. The molecule has 9 aromatic carbocycles. The molecule has 0 atom stereocenters. The summed E-state index contributed by atoms with van der Waals surface area (Å²) >= 11 is 0. The van der Waals surface area contributed by atoms with Crippen molar-refractivity contribution in [2.24, 2.45) is 0 Å². The van der Waals surface area contributed by atoms with Crippen LogP contribution in [0.5, 0.6) is 0 Å². The van der Waals surface area contributed by atoms with E-state index in [1.54, 1.807) is 0 Å². The molecular weight excluding hydrogens is 845 g/mol. The van der Waals surface area contributed by atoms with E-state index in [-0.39, 0.29) is 0 Å². The first kappa shape index (κ1) is 43.6. The predicted octanol–water partition coefficient (Wildman–Crippen LogP) is 18.8. The molecule has 0 amide bonds. The lowest BCUT2D eigenvalue weighted by atomic mass is 9.98. The van der Waals surface area contributed by atoms with Crippen molar-refractivity contribution in [2.45, 2.75) is 12.8 Å². The fourth-order valence-corrected chi connectivity index (χ4v) is 9.48. The number of hydrogen-bond donors (Lipinski definition) is 0. The first-order valence-corrected chi connectivity index (χ1v) is 24.2. The van der Waals surface area contributed by atoms with Gasteiger partial charge in [-0.25, -0.2) is 0 Å². The summed E-state index contributed by atoms with van der Waals surface area (Å²) in [7, 11) is 0. The standard InChI is InChI=1S/C68H52N2/c1-2-11-22-63(21-10-1)69(65-43-35-59(36-44-65)51-15-6-3-7-16-51)67-47-39-61(40-48-67)57-31-27-55(28-32-57)53-19-14-20-54(26-25-53)56-29-33-58(34-30-56)62-41-49-68(50-42-62)70(64-23-12-5-13-24-64)66-45-37-60(38-46-66)52-17-8-4-9-18-52/h1-18,20-21,23-50H,19,22H2. The minimum absolute atomic E-state index is 0.850. The van der Waals surface area contributed by atoms with Crippen LogP contribution >= 0.6 is 0 Å². The Morgan fingerprint density at radius 3 is 1.09 bits per heavy atom. The van der Waals surface area contributed by atoms with Gasteiger partial charge in [-0.3, -0.25) is 0 Å². The number of allylic oxidation sites excluding steroid dienone is 11. The van der Waals surface area contributed by atoms with Crippen molar-refractivity contribution < 1.29 is 0 Å². The summed E-state index contributed by atoms with van der Waals surface area (Å²) in [5, 5.41) is 0. The van der Waals surface area contributed by atoms with E-state index >= 15 is 0 Å². The number of rotatable bonds is 12. The molecule has 2 nitrogen and oxygen atoms in total. The predicted molar refractivity (Wildman–Crippen MR) is 299 cm³/mol. The quantitative estimate of drug-likeness (QED) is 0.121. The second-order valence-corrected chi connectivity index (χ2v) is 17.7. The highest BCUT2D eigenvalue weighted by molar-refractivity contribution is 5.84. The minimum Gasteiger partial charge on any atom is -0.314 e. The molecule has 334 valence electrons. The van der Waals surface area contributed by atoms with E-state index in [1.165, 1.54) is 72.5 Å². The first-order chi connectivity index (χ1) is 34.7. The summed E-state index contributed by atoms with van der Waals surface area (Å²) < 4.78 is 0. The van der Waals surface area contributed by atoms with Crippen molar-refractivity contribution in [3.05, 3.63) is 308 Å². The second kappa shape index (κ2) is 20.5. The molecule has 0 fully saturated rings. The molecule has 2 heteroatoms. The Morgan fingerprint density at radius 2 is 0.614 bits per heavy atom. The zero-order valence-corrected chi connectivity index (χ0v) is 39.0. The molecule has 0 unspecified atom stereocenters. The van der Waals surface area contributed by atoms with Gasteiger partial charge in [0.2, 0.25) is 0 Å². The molecule has 2 aliphatic rings. The van der Waals surface area contributed by atoms with E-state index in [0.717, 1.165) is 41.3 Å². The van der Waals surface area contributed by atoms with E-state index in [2.05, 4.69) is 301 Å². The van der Waals surface area contributed by atoms with Gasteiger partial charge in [0.15, 0.2) is 0 Å². The smallest absolute Gasteiger partial charge is 0.0462 e. The second-order valence-electron chi connectivity index (χ2n) is 17.7. The SMILES string of the molecule is C1=CC=C(N(c2ccc(-c3ccccc3)cc2)c2ccc(-c3ccc(C4=CC=C(c5ccc(-c6ccc(N(c7ccccc7)c7ccc(-c8ccccc8)cc7)cc6)cc5)C=CC4)cc3)cc2)CC=C1. The molecule has 11 rings (SSSR count). The number of anilines is 5. The van der Waals surface area contributed by atoms with E-state index in [9.17, 15) is 0 Å². The average Bonchev–Trinajstić information content (AvgIpc) is 3.87. The molecule has 0 saturated heterocycles. The number of hydrogen-bond acceptors (Lipinski definition) is 2. The number of nitrogens with zero attached hydrogens (tertiary/aromatic N) is 2. The van der Waals surface area contributed by atoms with Gasteiger partial charge in [0.1, 0.15) is 0 Å². The Bertz CT molecular complexity index is 3380. The van der Waals surface area contributed by atoms with Crippen LogP contribution in [0.3, 0.4) is 0 Å². The Hall–Kier alpha value is -8.98. The van der Waals surface area contributed by atoms with Crippen LogP contribution in [0, 0.1) is 0 Å². The van der Waals surface area contributed by atoms with Crippen molar-refractivity contribution in [3.8, 4) is 44.5 Å². The van der Waals surface area contributed by atoms with Crippen molar-refractivity contribution in [3.63, 3.8) is 0 Å². The maximum Gasteiger partial charge on any atom is 0.0462 e. The Labute approximate surface area is 412 Å². The lowest BCUT2D eigenvalue weighted by Crippen LogP contribution is -2.16. The maximum atomic E-state index is 2.37. The summed E-state index contributed by atoms with van der Waals surface area (Å²) in [6.45, 7) is 0. The third-order valence-corrected chi connectivity index (χ3v) is 13.2. The number of para-hydroxylation sites is 1. The van der Waals surface area contributed by atoms with Crippen LogP contribution in [0.1, 0.15) is 24.0 Å². The third-order valence-electron chi connectivity index (χ3n) is 13.2. The normalized spacial score (nSPS) is 13.1. The zero-order valence-electron chi connectivity index (χ0n) is 39.0. The topological polar surface area (TPSA) is 6.48 Å². The Kier molecular flexibility index (Phi) is 12.8. The third kappa shape index (κ3) is 9.71. The largest absolute Gasteiger partial charge is 0.314 e. The molecule has 9 aromatic rings. The monoisotopic (exact) mass is 896 g/mol. The molecule has 0 heterocycles. The minimum atomic E-state index is 0.850. The summed E-state index contributed by atoms with van der Waals surface area (Å²) in [5.74, 6) is 0. The van der Waals surface area contributed by atoms with E-state index in [0.29, 0.717) is 0 Å². The molecule has 0 N–H and O–H groups in total. The highest BCUT2D eigenvalue weighted by atomic mass is 15.1. The molecule has 0 radical (unpaired) electrons. The molecular formula is C68H52N2. The van der Waals surface area contributed by atoms with E-state index in [4.69, 9.17) is 0 Å². The van der Waals surface area contributed by atoms with Gasteiger partial charge >= 0.3 is 0 Å². The molecule has 0 saturated carbocycles. The van der Waals surface area contributed by atoms with Crippen LogP contribution < -0.4 is 9.80 Å². The summed E-state index contributed by atoms with van der Waals surface area (Å²) in [5.41, 5.74) is 21.4. The van der Waals surface area contributed by atoms with Crippen LogP contribution in [0.2, 0.25) is 0 Å². The highest BCUT2D eigenvalue weighted by Gasteiger charge is 2.17. The Balaban J connectivity index is 0.772. The summed E-state index contributed by atoms with van der Waals surface area (Å²) in [6.07, 6.45) is 21.6. The van der Waals surface area contributed by atoms with Crippen molar-refractivity contribution in [2.75, 3.05) is 9.80 Å².